The molecule has 0 aliphatic carbocycles. The summed E-state index contributed by atoms with van der Waals surface area (Å²) in [5, 5.41) is 21.5. The van der Waals surface area contributed by atoms with Crippen LogP contribution >= 0.6 is 0 Å². The molecule has 0 fully saturated rings. The first kappa shape index (κ1) is 12.5. The third-order valence-corrected chi connectivity index (χ3v) is 4.34. The molecule has 3 aromatic rings. The summed E-state index contributed by atoms with van der Waals surface area (Å²) in [4.78, 5) is 12.1. The van der Waals surface area contributed by atoms with Gasteiger partial charge >= 0.3 is 5.97 Å². The maximum Gasteiger partial charge on any atom is 0.341 e. The molecule has 2 aliphatic heterocycles. The van der Waals surface area contributed by atoms with Crippen LogP contribution in [0.4, 0.5) is 0 Å². The average molecular weight is 306 g/mol. The maximum absolute atomic E-state index is 12.1. The van der Waals surface area contributed by atoms with E-state index in [2.05, 4.69) is 0 Å². The van der Waals surface area contributed by atoms with Gasteiger partial charge < -0.3 is 19.7 Å². The van der Waals surface area contributed by atoms with Crippen molar-refractivity contribution in [2.75, 3.05) is 0 Å². The first-order valence-electron chi connectivity index (χ1n) is 7.14. The zero-order chi connectivity index (χ0) is 15.7. The summed E-state index contributed by atoms with van der Waals surface area (Å²) >= 11 is 0. The number of benzene rings is 3. The lowest BCUT2D eigenvalue weighted by Gasteiger charge is -2.28. The molecule has 23 heavy (non-hydrogen) atoms. The van der Waals surface area contributed by atoms with Crippen LogP contribution in [-0.2, 0) is 4.74 Å². The molecule has 112 valence electrons. The number of esters is 1. The molecule has 2 heterocycles. The van der Waals surface area contributed by atoms with Crippen molar-refractivity contribution >= 4 is 16.7 Å². The van der Waals surface area contributed by atoms with Crippen LogP contribution < -0.4 is 4.74 Å². The summed E-state index contributed by atoms with van der Waals surface area (Å²) in [5.41, 5.74) is 2.44. The normalized spacial score (nSPS) is 17.4. The number of para-hydroxylation sites is 1. The fourth-order valence-electron chi connectivity index (χ4n) is 3.36. The number of aliphatic hydroxyl groups is 1. The molecule has 0 amide bonds. The Hall–Kier alpha value is -3.05. The van der Waals surface area contributed by atoms with E-state index in [1.165, 1.54) is 6.07 Å². The number of aliphatic hydroxyl groups excluding tert-OH is 1. The monoisotopic (exact) mass is 306 g/mol. The van der Waals surface area contributed by atoms with Crippen molar-refractivity contribution in [3.63, 3.8) is 0 Å². The Morgan fingerprint density at radius 3 is 2.61 bits per heavy atom. The minimum absolute atomic E-state index is 0.0996. The molecule has 0 radical (unpaired) electrons. The molecule has 0 saturated heterocycles. The third kappa shape index (κ3) is 1.47. The molecule has 0 bridgehead atoms. The quantitative estimate of drug-likeness (QED) is 0.486. The number of phenolic OH excluding ortho intramolecular Hbond substituents is 1. The van der Waals surface area contributed by atoms with Crippen molar-refractivity contribution < 1.29 is 24.5 Å². The van der Waals surface area contributed by atoms with Gasteiger partial charge in [0.1, 0.15) is 5.75 Å². The van der Waals surface area contributed by atoms with Crippen LogP contribution in [0.2, 0.25) is 0 Å². The topological polar surface area (TPSA) is 76.0 Å². The van der Waals surface area contributed by atoms with Gasteiger partial charge in [-0.1, -0.05) is 24.3 Å². The Morgan fingerprint density at radius 1 is 0.957 bits per heavy atom. The van der Waals surface area contributed by atoms with Gasteiger partial charge in [0, 0.05) is 21.9 Å². The number of ether oxygens (including phenoxy) is 2. The first-order chi connectivity index (χ1) is 11.1. The lowest BCUT2D eigenvalue weighted by molar-refractivity contribution is -0.0687. The second-order valence-electron chi connectivity index (χ2n) is 5.58. The van der Waals surface area contributed by atoms with Gasteiger partial charge in [-0.15, -0.1) is 0 Å². The van der Waals surface area contributed by atoms with Crippen LogP contribution in [0, 0.1) is 0 Å². The van der Waals surface area contributed by atoms with Gasteiger partial charge in [-0.2, -0.15) is 0 Å². The number of phenols is 1. The van der Waals surface area contributed by atoms with E-state index in [0.717, 1.165) is 11.1 Å². The fourth-order valence-corrected chi connectivity index (χ4v) is 3.36. The van der Waals surface area contributed by atoms with Crippen molar-refractivity contribution in [2.24, 2.45) is 0 Å². The van der Waals surface area contributed by atoms with Crippen LogP contribution in [0.5, 0.6) is 17.2 Å². The highest BCUT2D eigenvalue weighted by molar-refractivity contribution is 6.15. The van der Waals surface area contributed by atoms with E-state index < -0.39 is 12.3 Å². The largest absolute Gasteiger partial charge is 0.504 e. The van der Waals surface area contributed by atoms with Crippen molar-refractivity contribution in [3.05, 3.63) is 53.6 Å². The van der Waals surface area contributed by atoms with Crippen LogP contribution in [-0.4, -0.2) is 16.2 Å². The molecular weight excluding hydrogens is 296 g/mol. The Bertz CT molecular complexity index is 1020. The van der Waals surface area contributed by atoms with Crippen LogP contribution in [0.1, 0.15) is 22.2 Å². The summed E-state index contributed by atoms with van der Waals surface area (Å²) in [6, 6.07) is 12.4. The zero-order valence-corrected chi connectivity index (χ0v) is 11.7. The van der Waals surface area contributed by atoms with E-state index in [1.807, 2.05) is 30.3 Å². The SMILES string of the molecule is O=C1O[C@H](O)c2cc(O)c3c4c(ccc1c24)-c1ccccc1O3. The molecule has 2 N–H and O–H groups in total. The minimum atomic E-state index is -1.40. The Balaban J connectivity index is 2.02. The lowest BCUT2D eigenvalue weighted by Crippen LogP contribution is -2.18. The molecular formula is C18H10O5. The van der Waals surface area contributed by atoms with Crippen LogP contribution in [0.15, 0.2) is 42.5 Å². The van der Waals surface area contributed by atoms with E-state index in [0.29, 0.717) is 33.4 Å². The Morgan fingerprint density at radius 2 is 1.74 bits per heavy atom. The lowest BCUT2D eigenvalue weighted by atomic mass is 9.88. The van der Waals surface area contributed by atoms with Crippen molar-refractivity contribution in [1.29, 1.82) is 0 Å². The number of hydrogen-bond acceptors (Lipinski definition) is 5. The summed E-state index contributed by atoms with van der Waals surface area (Å²) in [6.45, 7) is 0. The molecule has 2 aliphatic rings. The van der Waals surface area contributed by atoms with E-state index >= 15 is 0 Å². The van der Waals surface area contributed by atoms with Crippen molar-refractivity contribution in [1.82, 2.24) is 0 Å². The van der Waals surface area contributed by atoms with Crippen molar-refractivity contribution in [3.8, 4) is 28.4 Å². The number of carbonyl (C=O) groups is 1. The summed E-state index contributed by atoms with van der Waals surface area (Å²) < 4.78 is 10.8. The summed E-state index contributed by atoms with van der Waals surface area (Å²) in [5.74, 6) is 0.239. The molecule has 5 heteroatoms. The number of aromatic hydroxyl groups is 1. The van der Waals surface area contributed by atoms with Crippen LogP contribution in [0.3, 0.4) is 0 Å². The zero-order valence-electron chi connectivity index (χ0n) is 11.7. The van der Waals surface area contributed by atoms with Gasteiger partial charge in [0.2, 0.25) is 6.29 Å². The summed E-state index contributed by atoms with van der Waals surface area (Å²) in [6.07, 6.45) is -1.40. The highest BCUT2D eigenvalue weighted by Gasteiger charge is 2.33. The van der Waals surface area contributed by atoms with E-state index in [4.69, 9.17) is 9.47 Å². The van der Waals surface area contributed by atoms with Gasteiger partial charge in [-0.25, -0.2) is 4.79 Å². The maximum atomic E-state index is 12.1. The molecule has 1 atom stereocenters. The number of carbonyl (C=O) groups excluding carboxylic acids is 1. The van der Waals surface area contributed by atoms with Gasteiger partial charge in [0.05, 0.1) is 5.56 Å². The predicted molar refractivity (Wildman–Crippen MR) is 81.5 cm³/mol. The summed E-state index contributed by atoms with van der Waals surface area (Å²) in [7, 11) is 0. The fraction of sp³-hybridized carbons (Fsp3) is 0.0556. The molecule has 3 aromatic carbocycles. The average Bonchev–Trinajstić information content (AvgIpc) is 2.56. The van der Waals surface area contributed by atoms with Gasteiger partial charge in [0.15, 0.2) is 11.5 Å². The van der Waals surface area contributed by atoms with Crippen LogP contribution in [0.25, 0.3) is 21.9 Å². The molecule has 5 rings (SSSR count). The molecule has 5 nitrogen and oxygen atoms in total. The first-order valence-corrected chi connectivity index (χ1v) is 7.14. The highest BCUT2D eigenvalue weighted by atomic mass is 16.6. The Kier molecular flexibility index (Phi) is 2.19. The second-order valence-corrected chi connectivity index (χ2v) is 5.58. The Labute approximate surface area is 130 Å². The molecule has 0 aromatic heterocycles. The minimum Gasteiger partial charge on any atom is -0.504 e. The number of rotatable bonds is 0. The van der Waals surface area contributed by atoms with E-state index in [9.17, 15) is 15.0 Å². The molecule has 0 unspecified atom stereocenters. The number of cyclic esters (lactones) is 1. The number of hydrogen-bond donors (Lipinski definition) is 2. The predicted octanol–water partition coefficient (Wildman–Crippen LogP) is 3.48. The third-order valence-electron chi connectivity index (χ3n) is 4.34. The standard InChI is InChI=1S/C18H10O5/c19-12-7-11-14-10(17(20)23-18(11)21)6-5-9-8-3-1-2-4-13(8)22-16(12)15(9)14/h1-7,18-19,21H/t18-/m0/s1. The highest BCUT2D eigenvalue weighted by Crippen LogP contribution is 2.53. The van der Waals surface area contributed by atoms with Gasteiger partial charge in [0.25, 0.3) is 0 Å². The molecule has 0 saturated carbocycles. The van der Waals surface area contributed by atoms with E-state index in [1.54, 1.807) is 6.07 Å². The number of fused-ring (bicyclic) bond motifs is 2. The molecule has 0 spiro atoms. The smallest absolute Gasteiger partial charge is 0.341 e. The van der Waals surface area contributed by atoms with Gasteiger partial charge in [-0.3, -0.25) is 0 Å². The second kappa shape index (κ2) is 4.02. The van der Waals surface area contributed by atoms with Gasteiger partial charge in [-0.05, 0) is 23.8 Å². The van der Waals surface area contributed by atoms with Crippen molar-refractivity contribution in [2.45, 2.75) is 6.29 Å². The van der Waals surface area contributed by atoms with E-state index in [-0.39, 0.29) is 5.75 Å².